The quantitative estimate of drug-likeness (QED) is 0.557. The molecule has 3 aromatic rings. The lowest BCUT2D eigenvalue weighted by molar-refractivity contribution is 0.00975. The van der Waals surface area contributed by atoms with Crippen molar-refractivity contribution >= 4 is 23.2 Å². The molecule has 2 saturated heterocycles. The van der Waals surface area contributed by atoms with Gasteiger partial charge in [-0.3, -0.25) is 9.80 Å². The Kier molecular flexibility index (Phi) is 6.41. The Morgan fingerprint density at radius 3 is 2.50 bits per heavy atom. The molecule has 2 aromatic carbocycles. The summed E-state index contributed by atoms with van der Waals surface area (Å²) in [6.45, 7) is 7.94. The van der Waals surface area contributed by atoms with Gasteiger partial charge in [-0.1, -0.05) is 30.3 Å². The van der Waals surface area contributed by atoms with Crippen LogP contribution >= 0.6 is 0 Å². The molecule has 34 heavy (non-hydrogen) atoms. The van der Waals surface area contributed by atoms with Crippen molar-refractivity contribution in [2.24, 2.45) is 0 Å². The predicted molar refractivity (Wildman–Crippen MR) is 128 cm³/mol. The van der Waals surface area contributed by atoms with E-state index in [0.29, 0.717) is 30.2 Å². The molecule has 7 nitrogen and oxygen atoms in total. The molecule has 8 heteroatoms. The zero-order valence-corrected chi connectivity index (χ0v) is 19.7. The summed E-state index contributed by atoms with van der Waals surface area (Å²) >= 11 is 0. The van der Waals surface area contributed by atoms with Crippen LogP contribution in [0.1, 0.15) is 32.3 Å². The van der Waals surface area contributed by atoms with E-state index in [1.807, 2.05) is 29.7 Å². The Morgan fingerprint density at radius 1 is 1.09 bits per heavy atom. The van der Waals surface area contributed by atoms with Crippen LogP contribution in [0, 0.1) is 5.82 Å². The van der Waals surface area contributed by atoms with Crippen LogP contribution in [0.15, 0.2) is 52.9 Å². The van der Waals surface area contributed by atoms with E-state index in [0.717, 1.165) is 32.5 Å². The second-order valence-corrected chi connectivity index (χ2v) is 9.46. The number of hydrogen-bond donors (Lipinski definition) is 0. The highest BCUT2D eigenvalue weighted by atomic mass is 19.1. The number of oxazole rings is 1. The number of fused-ring (bicyclic) bond motifs is 1. The maximum atomic E-state index is 13.5. The number of halogens is 1. The minimum atomic E-state index is -0.351. The van der Waals surface area contributed by atoms with E-state index in [4.69, 9.17) is 9.15 Å². The Bertz CT molecular complexity index is 1120. The third-order valence-electron chi connectivity index (χ3n) is 6.79. The van der Waals surface area contributed by atoms with Gasteiger partial charge in [0, 0.05) is 38.8 Å². The van der Waals surface area contributed by atoms with Crippen molar-refractivity contribution < 1.29 is 18.3 Å². The molecule has 2 fully saturated rings. The van der Waals surface area contributed by atoms with E-state index in [2.05, 4.69) is 34.1 Å². The molecule has 0 radical (unpaired) electrons. The monoisotopic (exact) mass is 466 g/mol. The first-order chi connectivity index (χ1) is 16.5. The first-order valence-corrected chi connectivity index (χ1v) is 12.0. The van der Waals surface area contributed by atoms with Crippen molar-refractivity contribution in [3.05, 3.63) is 59.9 Å². The number of carbonyl (C=O) groups is 1. The summed E-state index contributed by atoms with van der Waals surface area (Å²) in [7, 11) is 0. The number of carbonyl (C=O) groups excluding carboxylic acids is 1. The highest BCUT2D eigenvalue weighted by Gasteiger charge is 2.37. The summed E-state index contributed by atoms with van der Waals surface area (Å²) in [5, 5.41) is 0. The van der Waals surface area contributed by atoms with E-state index < -0.39 is 0 Å². The molecule has 2 atom stereocenters. The van der Waals surface area contributed by atoms with Crippen molar-refractivity contribution in [3.8, 4) is 0 Å². The number of piperidine rings is 1. The average Bonchev–Trinajstić information content (AvgIpc) is 3.24. The smallest absolute Gasteiger partial charge is 0.410 e. The molecule has 3 heterocycles. The fraction of sp³-hybridized carbons (Fsp3) is 0.462. The number of hydrogen-bond acceptors (Lipinski definition) is 6. The SMILES string of the molecule is C[C@@H]1CN(c2nc3ccc(F)cc3o2)C[C@@H](C)N1C(=O)OC1CCN(Cc2ccccc2)CC1. The number of ether oxygens (including phenoxy) is 1. The van der Waals surface area contributed by atoms with Crippen molar-refractivity contribution in [3.63, 3.8) is 0 Å². The number of rotatable bonds is 4. The Hall–Kier alpha value is -3.13. The molecule has 5 rings (SSSR count). The van der Waals surface area contributed by atoms with Gasteiger partial charge in [-0.15, -0.1) is 0 Å². The van der Waals surface area contributed by atoms with Gasteiger partial charge in [0.15, 0.2) is 5.58 Å². The number of benzene rings is 2. The number of nitrogens with zero attached hydrogens (tertiary/aromatic N) is 4. The fourth-order valence-electron chi connectivity index (χ4n) is 5.09. The summed E-state index contributed by atoms with van der Waals surface area (Å²) in [6, 6.07) is 15.1. The van der Waals surface area contributed by atoms with E-state index in [-0.39, 0.29) is 30.1 Å². The van der Waals surface area contributed by atoms with Crippen molar-refractivity contribution in [2.75, 3.05) is 31.1 Å². The molecule has 1 aromatic heterocycles. The first-order valence-electron chi connectivity index (χ1n) is 12.0. The third kappa shape index (κ3) is 4.87. The van der Waals surface area contributed by atoms with Crippen molar-refractivity contribution in [1.29, 1.82) is 0 Å². The third-order valence-corrected chi connectivity index (χ3v) is 6.79. The Balaban J connectivity index is 1.15. The van der Waals surface area contributed by atoms with Crippen LogP contribution in [-0.4, -0.2) is 65.2 Å². The van der Waals surface area contributed by atoms with Gasteiger partial charge in [0.2, 0.25) is 0 Å². The molecular formula is C26H31FN4O3. The lowest BCUT2D eigenvalue weighted by Gasteiger charge is -2.43. The molecule has 0 N–H and O–H groups in total. The van der Waals surface area contributed by atoms with Gasteiger partial charge in [-0.2, -0.15) is 4.98 Å². The van der Waals surface area contributed by atoms with Gasteiger partial charge in [0.1, 0.15) is 17.4 Å². The van der Waals surface area contributed by atoms with E-state index >= 15 is 0 Å². The zero-order valence-electron chi connectivity index (χ0n) is 19.7. The number of aromatic nitrogens is 1. The predicted octanol–water partition coefficient (Wildman–Crippen LogP) is 4.67. The van der Waals surface area contributed by atoms with Crippen molar-refractivity contribution in [2.45, 2.75) is 51.4 Å². The number of amides is 1. The lowest BCUT2D eigenvalue weighted by Crippen LogP contribution is -2.59. The highest BCUT2D eigenvalue weighted by molar-refractivity contribution is 5.74. The maximum Gasteiger partial charge on any atom is 0.410 e. The van der Waals surface area contributed by atoms with Crippen LogP contribution in [0.4, 0.5) is 15.2 Å². The lowest BCUT2D eigenvalue weighted by atomic mass is 10.1. The number of anilines is 1. The molecule has 0 bridgehead atoms. The molecular weight excluding hydrogens is 435 g/mol. The molecule has 180 valence electrons. The van der Waals surface area contributed by atoms with Crippen LogP contribution in [-0.2, 0) is 11.3 Å². The van der Waals surface area contributed by atoms with E-state index in [1.165, 1.54) is 17.7 Å². The fourth-order valence-corrected chi connectivity index (χ4v) is 5.09. The second kappa shape index (κ2) is 9.62. The molecule has 0 aliphatic carbocycles. The highest BCUT2D eigenvalue weighted by Crippen LogP contribution is 2.27. The normalized spacial score (nSPS) is 22.3. The van der Waals surface area contributed by atoms with Gasteiger partial charge >= 0.3 is 6.09 Å². The summed E-state index contributed by atoms with van der Waals surface area (Å²) < 4.78 is 25.2. The maximum absolute atomic E-state index is 13.5. The minimum absolute atomic E-state index is 0.0520. The molecule has 0 unspecified atom stereocenters. The number of likely N-dealkylation sites (tertiary alicyclic amines) is 1. The number of piperazine rings is 1. The summed E-state index contributed by atoms with van der Waals surface area (Å²) in [4.78, 5) is 23.8. The van der Waals surface area contributed by atoms with Gasteiger partial charge in [0.25, 0.3) is 6.01 Å². The molecule has 0 saturated carbocycles. The van der Waals surface area contributed by atoms with Gasteiger partial charge in [-0.25, -0.2) is 9.18 Å². The Morgan fingerprint density at radius 2 is 1.79 bits per heavy atom. The zero-order chi connectivity index (χ0) is 23.7. The van der Waals surface area contributed by atoms with E-state index in [1.54, 1.807) is 6.07 Å². The van der Waals surface area contributed by atoms with Crippen LogP contribution in [0.25, 0.3) is 11.1 Å². The van der Waals surface area contributed by atoms with Gasteiger partial charge < -0.3 is 14.1 Å². The average molecular weight is 467 g/mol. The largest absolute Gasteiger partial charge is 0.446 e. The van der Waals surface area contributed by atoms with Gasteiger partial charge in [0.05, 0.1) is 12.1 Å². The minimum Gasteiger partial charge on any atom is -0.446 e. The first kappa shape index (κ1) is 22.7. The second-order valence-electron chi connectivity index (χ2n) is 9.46. The topological polar surface area (TPSA) is 62.1 Å². The summed E-state index contributed by atoms with van der Waals surface area (Å²) in [5.74, 6) is -0.351. The summed E-state index contributed by atoms with van der Waals surface area (Å²) in [5.41, 5.74) is 2.36. The van der Waals surface area contributed by atoms with Crippen LogP contribution in [0.5, 0.6) is 0 Å². The van der Waals surface area contributed by atoms with Crippen LogP contribution in [0.3, 0.4) is 0 Å². The molecule has 1 amide bonds. The Labute approximate surface area is 199 Å². The molecule has 0 spiro atoms. The molecule has 2 aliphatic rings. The van der Waals surface area contributed by atoms with Crippen molar-refractivity contribution in [1.82, 2.24) is 14.8 Å². The van der Waals surface area contributed by atoms with Crippen LogP contribution in [0.2, 0.25) is 0 Å². The van der Waals surface area contributed by atoms with E-state index in [9.17, 15) is 9.18 Å². The van der Waals surface area contributed by atoms with Crippen LogP contribution < -0.4 is 4.90 Å². The van der Waals surface area contributed by atoms with Gasteiger partial charge in [-0.05, 0) is 44.4 Å². The summed E-state index contributed by atoms with van der Waals surface area (Å²) in [6.07, 6.45) is 1.39. The molecule has 2 aliphatic heterocycles. The standard InChI is InChI=1S/C26H31FN4O3/c1-18-15-30(25-28-23-9-8-21(27)14-24(23)34-25)16-19(2)31(18)26(32)33-22-10-12-29(13-11-22)17-20-6-4-3-5-7-20/h3-9,14,18-19,22H,10-13,15-17H2,1-2H3/t18-,19-/m1/s1.